The molecule has 0 bridgehead atoms. The summed E-state index contributed by atoms with van der Waals surface area (Å²) < 4.78 is 5.09. The lowest BCUT2D eigenvalue weighted by Crippen LogP contribution is -2.49. The number of hydrogen-bond acceptors (Lipinski definition) is 3. The van der Waals surface area contributed by atoms with E-state index in [9.17, 15) is 4.79 Å². The van der Waals surface area contributed by atoms with E-state index in [-0.39, 0.29) is 18.6 Å². The van der Waals surface area contributed by atoms with Crippen LogP contribution in [-0.4, -0.2) is 36.4 Å². The Labute approximate surface area is 59.2 Å². The van der Waals surface area contributed by atoms with Crippen LogP contribution in [-0.2, 0) is 9.53 Å². The molecule has 10 heavy (non-hydrogen) atoms. The molecule has 58 valence electrons. The number of carbonyl (C=O) groups is 1. The third-order valence-electron chi connectivity index (χ3n) is 1.47. The third kappa shape index (κ3) is 1.46. The van der Waals surface area contributed by atoms with E-state index in [1.54, 1.807) is 6.92 Å². The maximum absolute atomic E-state index is 10.7. The van der Waals surface area contributed by atoms with Gasteiger partial charge in [0.1, 0.15) is 6.10 Å². The summed E-state index contributed by atoms with van der Waals surface area (Å²) in [6, 6.07) is 0. The Kier molecular flexibility index (Phi) is 2.24. The van der Waals surface area contributed by atoms with Gasteiger partial charge in [-0.3, -0.25) is 4.79 Å². The monoisotopic (exact) mass is 145 g/mol. The number of aliphatic hydroxyl groups excluding tert-OH is 1. The molecule has 2 N–H and O–H groups in total. The van der Waals surface area contributed by atoms with E-state index in [0.29, 0.717) is 6.54 Å². The van der Waals surface area contributed by atoms with Crippen molar-refractivity contribution in [1.82, 2.24) is 5.32 Å². The molecule has 0 aromatic rings. The van der Waals surface area contributed by atoms with Crippen LogP contribution in [0.4, 0.5) is 0 Å². The molecule has 1 aliphatic heterocycles. The second kappa shape index (κ2) is 2.98. The molecule has 0 aliphatic carbocycles. The Balaban J connectivity index is 2.40. The summed E-state index contributed by atoms with van der Waals surface area (Å²) in [5.74, 6) is -0.107. The van der Waals surface area contributed by atoms with Gasteiger partial charge in [0.05, 0.1) is 12.7 Å². The van der Waals surface area contributed by atoms with E-state index in [1.165, 1.54) is 0 Å². The number of rotatable bonds is 1. The molecule has 4 heteroatoms. The topological polar surface area (TPSA) is 58.6 Å². The summed E-state index contributed by atoms with van der Waals surface area (Å²) in [4.78, 5) is 10.7. The first kappa shape index (κ1) is 7.50. The van der Waals surface area contributed by atoms with Gasteiger partial charge in [0.2, 0.25) is 5.91 Å². The second-order valence-electron chi connectivity index (χ2n) is 2.33. The van der Waals surface area contributed by atoms with E-state index in [4.69, 9.17) is 9.84 Å². The lowest BCUT2D eigenvalue weighted by atomic mass is 10.2. The molecule has 0 radical (unpaired) electrons. The van der Waals surface area contributed by atoms with Crippen LogP contribution in [0.15, 0.2) is 0 Å². The number of amides is 1. The van der Waals surface area contributed by atoms with Crippen molar-refractivity contribution in [3.05, 3.63) is 0 Å². The van der Waals surface area contributed by atoms with E-state index >= 15 is 0 Å². The first-order chi connectivity index (χ1) is 4.74. The van der Waals surface area contributed by atoms with Crippen molar-refractivity contribution < 1.29 is 14.6 Å². The molecule has 1 amide bonds. The molecule has 0 aromatic carbocycles. The highest BCUT2D eigenvalue weighted by Crippen LogP contribution is 2.02. The minimum Gasteiger partial charge on any atom is -0.394 e. The third-order valence-corrected chi connectivity index (χ3v) is 1.47. The summed E-state index contributed by atoms with van der Waals surface area (Å²) in [6.45, 7) is 2.04. The maximum Gasteiger partial charge on any atom is 0.248 e. The Morgan fingerprint density at radius 3 is 3.10 bits per heavy atom. The van der Waals surface area contributed by atoms with E-state index < -0.39 is 6.10 Å². The number of morpholine rings is 1. The summed E-state index contributed by atoms with van der Waals surface area (Å²) in [5, 5.41) is 11.2. The fourth-order valence-corrected chi connectivity index (χ4v) is 0.864. The summed E-state index contributed by atoms with van der Waals surface area (Å²) in [7, 11) is 0. The van der Waals surface area contributed by atoms with Crippen molar-refractivity contribution in [1.29, 1.82) is 0 Å². The molecule has 1 rings (SSSR count). The fourth-order valence-electron chi connectivity index (χ4n) is 0.864. The van der Waals surface area contributed by atoms with Crippen LogP contribution < -0.4 is 5.32 Å². The lowest BCUT2D eigenvalue weighted by molar-refractivity contribution is -0.144. The van der Waals surface area contributed by atoms with Gasteiger partial charge in [-0.2, -0.15) is 0 Å². The zero-order valence-electron chi connectivity index (χ0n) is 5.83. The highest BCUT2D eigenvalue weighted by molar-refractivity contribution is 5.80. The van der Waals surface area contributed by atoms with Gasteiger partial charge in [-0.1, -0.05) is 0 Å². The first-order valence-corrected chi connectivity index (χ1v) is 3.28. The molecule has 1 aliphatic rings. The molecular formula is C6H11NO3. The summed E-state index contributed by atoms with van der Waals surface area (Å²) >= 11 is 0. The van der Waals surface area contributed by atoms with Crippen molar-refractivity contribution in [2.24, 2.45) is 0 Å². The lowest BCUT2D eigenvalue weighted by Gasteiger charge is -2.26. The van der Waals surface area contributed by atoms with Crippen molar-refractivity contribution in [3.8, 4) is 0 Å². The van der Waals surface area contributed by atoms with Gasteiger partial charge in [-0.15, -0.1) is 0 Å². The average Bonchev–Trinajstić information content (AvgIpc) is 1.95. The Bertz CT molecular complexity index is 137. The van der Waals surface area contributed by atoms with Crippen LogP contribution in [0.3, 0.4) is 0 Å². The minimum atomic E-state index is -0.425. The SMILES string of the molecule is C[C@@H]1O[C@H](CO)CNC1=O. The van der Waals surface area contributed by atoms with Crippen LogP contribution in [0.2, 0.25) is 0 Å². The Morgan fingerprint density at radius 1 is 1.90 bits per heavy atom. The van der Waals surface area contributed by atoms with Crippen molar-refractivity contribution in [2.45, 2.75) is 19.1 Å². The van der Waals surface area contributed by atoms with Crippen LogP contribution in [0, 0.1) is 0 Å². The average molecular weight is 145 g/mol. The van der Waals surface area contributed by atoms with E-state index in [2.05, 4.69) is 5.32 Å². The van der Waals surface area contributed by atoms with Gasteiger partial charge in [-0.25, -0.2) is 0 Å². The summed E-state index contributed by atoms with van der Waals surface area (Å²) in [6.07, 6.45) is -0.654. The molecule has 1 saturated heterocycles. The molecule has 0 unspecified atom stereocenters. The van der Waals surface area contributed by atoms with Gasteiger partial charge in [0, 0.05) is 6.54 Å². The van der Waals surface area contributed by atoms with Gasteiger partial charge >= 0.3 is 0 Å². The van der Waals surface area contributed by atoms with Crippen molar-refractivity contribution in [3.63, 3.8) is 0 Å². The highest BCUT2D eigenvalue weighted by atomic mass is 16.5. The number of carbonyl (C=O) groups excluding carboxylic acids is 1. The Hall–Kier alpha value is -0.610. The zero-order valence-corrected chi connectivity index (χ0v) is 5.83. The number of nitrogens with one attached hydrogen (secondary N) is 1. The van der Waals surface area contributed by atoms with Crippen LogP contribution >= 0.6 is 0 Å². The number of ether oxygens (including phenoxy) is 1. The predicted molar refractivity (Wildman–Crippen MR) is 34.4 cm³/mol. The molecule has 4 nitrogen and oxygen atoms in total. The second-order valence-corrected chi connectivity index (χ2v) is 2.33. The normalized spacial score (nSPS) is 33.6. The van der Waals surface area contributed by atoms with E-state index in [0.717, 1.165) is 0 Å². The van der Waals surface area contributed by atoms with E-state index in [1.807, 2.05) is 0 Å². The van der Waals surface area contributed by atoms with Crippen LogP contribution in [0.1, 0.15) is 6.92 Å². The molecule has 0 aromatic heterocycles. The maximum atomic E-state index is 10.7. The van der Waals surface area contributed by atoms with Gasteiger partial charge in [0.25, 0.3) is 0 Å². The molecule has 0 spiro atoms. The molecule has 0 saturated carbocycles. The molecule has 1 heterocycles. The Morgan fingerprint density at radius 2 is 2.60 bits per heavy atom. The smallest absolute Gasteiger partial charge is 0.248 e. The van der Waals surface area contributed by atoms with Crippen molar-refractivity contribution in [2.75, 3.05) is 13.2 Å². The zero-order chi connectivity index (χ0) is 7.56. The largest absolute Gasteiger partial charge is 0.394 e. The summed E-state index contributed by atoms with van der Waals surface area (Å²) in [5.41, 5.74) is 0. The quantitative estimate of drug-likeness (QED) is 0.491. The molecule has 2 atom stereocenters. The van der Waals surface area contributed by atoms with Gasteiger partial charge < -0.3 is 15.2 Å². The standard InChI is InChI=1S/C6H11NO3/c1-4-6(9)7-2-5(3-8)10-4/h4-5,8H,2-3H2,1H3,(H,7,9)/t4-,5-/m0/s1. The van der Waals surface area contributed by atoms with Crippen molar-refractivity contribution >= 4 is 5.91 Å². The fraction of sp³-hybridized carbons (Fsp3) is 0.833. The number of aliphatic hydroxyl groups is 1. The highest BCUT2D eigenvalue weighted by Gasteiger charge is 2.24. The van der Waals surface area contributed by atoms with Crippen LogP contribution in [0.25, 0.3) is 0 Å². The van der Waals surface area contributed by atoms with Gasteiger partial charge in [0.15, 0.2) is 0 Å². The van der Waals surface area contributed by atoms with Crippen LogP contribution in [0.5, 0.6) is 0 Å². The first-order valence-electron chi connectivity index (χ1n) is 3.28. The molecule has 1 fully saturated rings. The minimum absolute atomic E-state index is 0.0371. The number of hydrogen-bond donors (Lipinski definition) is 2. The molecular weight excluding hydrogens is 134 g/mol. The predicted octanol–water partition coefficient (Wildman–Crippen LogP) is -1.12. The van der Waals surface area contributed by atoms with Gasteiger partial charge in [-0.05, 0) is 6.92 Å².